The molecular weight excluding hydrogens is 1100 g/mol. The third-order valence-corrected chi connectivity index (χ3v) is 20.5. The minimum Gasteiger partial charge on any atom is -0.294 e. The normalized spacial score (nSPS) is 22.6. The molecule has 456 valence electrons. The number of hydrogen-bond acceptors (Lipinski definition) is 6. The van der Waals surface area contributed by atoms with Crippen LogP contribution in [0.1, 0.15) is 185 Å². The van der Waals surface area contributed by atoms with Gasteiger partial charge in [0.15, 0.2) is 17.3 Å². The van der Waals surface area contributed by atoms with Gasteiger partial charge in [0.05, 0.1) is 17.1 Å². The lowest BCUT2D eigenvalue weighted by atomic mass is 9.58. The van der Waals surface area contributed by atoms with Gasteiger partial charge in [-0.05, 0) is 89.7 Å². The standard InChI is InChI=1S/3C27H28N2O/c3*1-26(2)16-19-15-22-25(21(28-29-22)14-18-10-6-4-7-11-18)27(3,24(19)23(30)17-26)20-12-8-5-9-13-20/h3*4-13H,14-17H2,1-3H3,(H,28,29). The molecule has 0 amide bonds. The van der Waals surface area contributed by atoms with Crippen molar-refractivity contribution in [3.8, 4) is 0 Å². The Morgan fingerprint density at radius 2 is 0.533 bits per heavy atom. The van der Waals surface area contributed by atoms with Gasteiger partial charge in [0.25, 0.3) is 0 Å². The maximum absolute atomic E-state index is 13.5. The molecule has 6 aliphatic carbocycles. The van der Waals surface area contributed by atoms with Crippen LogP contribution >= 0.6 is 0 Å². The Bertz CT molecular complexity index is 3850. The van der Waals surface area contributed by atoms with Gasteiger partial charge in [-0.15, -0.1) is 0 Å². The van der Waals surface area contributed by atoms with Crippen molar-refractivity contribution in [1.82, 2.24) is 30.6 Å². The fraction of sp³-hybridized carbons (Fsp3) is 0.333. The van der Waals surface area contributed by atoms with E-state index in [1.54, 1.807) is 0 Å². The Morgan fingerprint density at radius 3 is 0.767 bits per heavy atom. The van der Waals surface area contributed by atoms with E-state index in [1.165, 1.54) is 66.8 Å². The zero-order valence-corrected chi connectivity index (χ0v) is 53.9. The van der Waals surface area contributed by atoms with Crippen LogP contribution in [0.3, 0.4) is 0 Å². The lowest BCUT2D eigenvalue weighted by Crippen LogP contribution is -2.41. The summed E-state index contributed by atoms with van der Waals surface area (Å²) in [6.45, 7) is 19.9. The number of allylic oxidation sites excluding steroid dienone is 6. The van der Waals surface area contributed by atoms with Crippen LogP contribution in [0.25, 0.3) is 0 Å². The molecule has 6 aliphatic rings. The van der Waals surface area contributed by atoms with Crippen LogP contribution in [0, 0.1) is 16.2 Å². The summed E-state index contributed by atoms with van der Waals surface area (Å²) in [7, 11) is 0. The molecule has 3 heterocycles. The van der Waals surface area contributed by atoms with Crippen molar-refractivity contribution in [2.45, 2.75) is 156 Å². The Kier molecular flexibility index (Phi) is 15.5. The maximum atomic E-state index is 13.5. The number of carbonyl (C=O) groups excluding carboxylic acids is 3. The maximum Gasteiger partial charge on any atom is 0.160 e. The quantitative estimate of drug-likeness (QED) is 0.132. The zero-order chi connectivity index (χ0) is 62.8. The van der Waals surface area contributed by atoms with Gasteiger partial charge in [-0.2, -0.15) is 15.3 Å². The van der Waals surface area contributed by atoms with Crippen LogP contribution in [0.2, 0.25) is 0 Å². The van der Waals surface area contributed by atoms with E-state index in [0.717, 1.165) is 109 Å². The molecule has 3 atom stereocenters. The second kappa shape index (κ2) is 23.2. The van der Waals surface area contributed by atoms with Crippen molar-refractivity contribution < 1.29 is 14.4 Å². The minimum atomic E-state index is -0.477. The van der Waals surface area contributed by atoms with Crippen LogP contribution in [-0.4, -0.2) is 47.9 Å². The molecule has 0 spiro atoms. The molecule has 0 saturated carbocycles. The van der Waals surface area contributed by atoms with Crippen molar-refractivity contribution in [1.29, 1.82) is 0 Å². The Labute approximate surface area is 531 Å². The smallest absolute Gasteiger partial charge is 0.160 e. The topological polar surface area (TPSA) is 137 Å². The van der Waals surface area contributed by atoms with Crippen LogP contribution in [0.15, 0.2) is 215 Å². The number of hydrogen-bond donors (Lipinski definition) is 3. The summed E-state index contributed by atoms with van der Waals surface area (Å²) in [4.78, 5) is 40.6. The van der Waals surface area contributed by atoms with Crippen LogP contribution in [-0.2, 0) is 69.2 Å². The number of Topliss-reactive ketones (excluding diaryl/α,β-unsaturated/α-hetero) is 3. The number of fused-ring (bicyclic) bond motifs is 3. The number of nitrogens with one attached hydrogen (secondary N) is 3. The average molecular weight is 1190 g/mol. The summed E-state index contributed by atoms with van der Waals surface area (Å²) in [6, 6.07) is 62.9. The fourth-order valence-corrected chi connectivity index (χ4v) is 17.1. The molecule has 0 saturated heterocycles. The minimum absolute atomic E-state index is 0.0118. The molecule has 0 bridgehead atoms. The number of aromatic amines is 3. The van der Waals surface area contributed by atoms with E-state index in [1.807, 2.05) is 36.4 Å². The van der Waals surface area contributed by atoms with Crippen LogP contribution in [0.4, 0.5) is 0 Å². The van der Waals surface area contributed by atoms with E-state index in [-0.39, 0.29) is 16.2 Å². The van der Waals surface area contributed by atoms with Gasteiger partial charge in [0.1, 0.15) is 0 Å². The molecular formula is C81H84N6O3. The predicted octanol–water partition coefficient (Wildman–Crippen LogP) is 16.6. The third-order valence-electron chi connectivity index (χ3n) is 20.5. The molecule has 6 aromatic carbocycles. The second-order valence-corrected chi connectivity index (χ2v) is 29.3. The third kappa shape index (κ3) is 11.0. The first-order valence-corrected chi connectivity index (χ1v) is 32.4. The lowest BCUT2D eigenvalue weighted by molar-refractivity contribution is -0.119. The highest BCUT2D eigenvalue weighted by Crippen LogP contribution is 2.56. The van der Waals surface area contributed by atoms with E-state index in [4.69, 9.17) is 15.3 Å². The van der Waals surface area contributed by atoms with E-state index in [9.17, 15) is 14.4 Å². The first-order chi connectivity index (χ1) is 43.1. The van der Waals surface area contributed by atoms with Crippen LogP contribution < -0.4 is 0 Å². The molecule has 15 rings (SSSR count). The zero-order valence-electron chi connectivity index (χ0n) is 53.9. The van der Waals surface area contributed by atoms with Gasteiger partial charge in [0, 0.05) is 125 Å². The van der Waals surface area contributed by atoms with Crippen LogP contribution in [0.5, 0.6) is 0 Å². The summed E-state index contributed by atoms with van der Waals surface area (Å²) in [5.41, 5.74) is 22.9. The second-order valence-electron chi connectivity index (χ2n) is 29.3. The van der Waals surface area contributed by atoms with Crippen molar-refractivity contribution in [3.05, 3.63) is 300 Å². The monoisotopic (exact) mass is 1190 g/mol. The van der Waals surface area contributed by atoms with Gasteiger partial charge in [0.2, 0.25) is 0 Å². The first-order valence-electron chi connectivity index (χ1n) is 32.4. The van der Waals surface area contributed by atoms with Gasteiger partial charge >= 0.3 is 0 Å². The molecule has 0 radical (unpaired) electrons. The number of rotatable bonds is 9. The van der Waals surface area contributed by atoms with Crippen molar-refractivity contribution in [3.63, 3.8) is 0 Å². The molecule has 3 unspecified atom stereocenters. The van der Waals surface area contributed by atoms with E-state index in [2.05, 4.69) is 223 Å². The van der Waals surface area contributed by atoms with Crippen molar-refractivity contribution >= 4 is 17.3 Å². The molecule has 3 aromatic heterocycles. The van der Waals surface area contributed by atoms with E-state index in [0.29, 0.717) is 36.6 Å². The highest BCUT2D eigenvalue weighted by atomic mass is 16.1. The molecule has 3 N–H and O–H groups in total. The molecule has 9 nitrogen and oxygen atoms in total. The van der Waals surface area contributed by atoms with Gasteiger partial charge in [-0.3, -0.25) is 29.7 Å². The summed E-state index contributed by atoms with van der Waals surface area (Å²) in [6.07, 6.45) is 9.37. The number of aromatic nitrogens is 6. The Morgan fingerprint density at radius 1 is 0.311 bits per heavy atom. The lowest BCUT2D eigenvalue weighted by Gasteiger charge is -2.44. The Hall–Kier alpha value is -8.82. The van der Waals surface area contributed by atoms with Gasteiger partial charge in [-0.1, -0.05) is 240 Å². The molecule has 0 fully saturated rings. The Balaban J connectivity index is 0.000000124. The molecule has 9 aromatic rings. The number of carbonyl (C=O) groups is 3. The number of benzene rings is 6. The molecule has 9 heteroatoms. The highest BCUT2D eigenvalue weighted by Gasteiger charge is 2.52. The highest BCUT2D eigenvalue weighted by molar-refractivity contribution is 6.03. The fourth-order valence-electron chi connectivity index (χ4n) is 17.1. The van der Waals surface area contributed by atoms with E-state index >= 15 is 0 Å². The largest absolute Gasteiger partial charge is 0.294 e. The SMILES string of the molecule is CC1(C)CC(=O)C2=C(Cc3[nH]nc(Cc4ccccc4)c3C2(C)c2ccccc2)C1.CC1(C)CC(=O)C2=C(Cc3[nH]nc(Cc4ccccc4)c3C2(C)c2ccccc2)C1.CC1(C)CC(=O)C2=C(Cc3[nH]nc(Cc4ccccc4)c3C2(C)c2ccccc2)C1. The van der Waals surface area contributed by atoms with Crippen molar-refractivity contribution in [2.75, 3.05) is 0 Å². The first kappa shape index (κ1) is 60.1. The number of H-pyrrole nitrogens is 3. The average Bonchev–Trinajstić information content (AvgIpc) is 1.26. The summed E-state index contributed by atoms with van der Waals surface area (Å²) >= 11 is 0. The predicted molar refractivity (Wildman–Crippen MR) is 358 cm³/mol. The number of ketones is 3. The molecule has 0 aliphatic heterocycles. The van der Waals surface area contributed by atoms with E-state index < -0.39 is 16.2 Å². The van der Waals surface area contributed by atoms with Gasteiger partial charge < -0.3 is 0 Å². The van der Waals surface area contributed by atoms with Crippen molar-refractivity contribution in [2.24, 2.45) is 16.2 Å². The number of nitrogens with zero attached hydrogens (tertiary/aromatic N) is 3. The molecule has 90 heavy (non-hydrogen) atoms. The summed E-state index contributed by atoms with van der Waals surface area (Å²) in [5.74, 6) is 0.889. The van der Waals surface area contributed by atoms with Gasteiger partial charge in [-0.25, -0.2) is 0 Å². The summed E-state index contributed by atoms with van der Waals surface area (Å²) in [5, 5.41) is 24.4. The summed E-state index contributed by atoms with van der Waals surface area (Å²) < 4.78 is 0.